The average molecular weight is 224 g/mol. The fourth-order valence-electron chi connectivity index (χ4n) is 1.54. The molecule has 0 saturated heterocycles. The van der Waals surface area contributed by atoms with E-state index in [2.05, 4.69) is 0 Å². The van der Waals surface area contributed by atoms with Crippen molar-refractivity contribution in [1.82, 2.24) is 0 Å². The maximum atomic E-state index is 9.94. The quantitative estimate of drug-likeness (QED) is 0.801. The summed E-state index contributed by atoms with van der Waals surface area (Å²) in [6, 6.07) is 7.52. The number of methoxy groups -OCH3 is 1. The Bertz CT molecular complexity index is 334. The number of hydrogen-bond acceptors (Lipinski definition) is 3. The van der Waals surface area contributed by atoms with Crippen LogP contribution in [-0.2, 0) is 6.42 Å². The summed E-state index contributed by atoms with van der Waals surface area (Å²) in [7, 11) is 1.60. The van der Waals surface area contributed by atoms with Crippen molar-refractivity contribution < 1.29 is 14.9 Å². The molecule has 2 unspecified atom stereocenters. The van der Waals surface area contributed by atoms with E-state index in [0.717, 1.165) is 11.3 Å². The topological polar surface area (TPSA) is 49.7 Å². The Hall–Kier alpha value is -1.06. The van der Waals surface area contributed by atoms with E-state index >= 15 is 0 Å². The van der Waals surface area contributed by atoms with Crippen molar-refractivity contribution in [3.63, 3.8) is 0 Å². The molecule has 2 N–H and O–H groups in total. The molecule has 0 spiro atoms. The third-order valence-corrected chi connectivity index (χ3v) is 3.04. The van der Waals surface area contributed by atoms with E-state index in [9.17, 15) is 10.2 Å². The fraction of sp³-hybridized carbons (Fsp3) is 0.538. The summed E-state index contributed by atoms with van der Waals surface area (Å²) in [5.41, 5.74) is -0.146. The van der Waals surface area contributed by atoms with Crippen LogP contribution in [0, 0.1) is 0 Å². The number of aliphatic hydroxyl groups excluding tert-OH is 1. The molecule has 0 aliphatic heterocycles. The van der Waals surface area contributed by atoms with Crippen LogP contribution in [0.25, 0.3) is 0 Å². The Balaban J connectivity index is 2.80. The van der Waals surface area contributed by atoms with Crippen molar-refractivity contribution in [1.29, 1.82) is 0 Å². The van der Waals surface area contributed by atoms with E-state index in [1.165, 1.54) is 0 Å². The molecule has 2 atom stereocenters. The Morgan fingerprint density at radius 3 is 2.56 bits per heavy atom. The summed E-state index contributed by atoms with van der Waals surface area (Å²) < 4.78 is 5.20. The molecule has 3 nitrogen and oxygen atoms in total. The third kappa shape index (κ3) is 2.97. The second-order valence-corrected chi connectivity index (χ2v) is 4.24. The summed E-state index contributed by atoms with van der Waals surface area (Å²) >= 11 is 0. The molecule has 16 heavy (non-hydrogen) atoms. The van der Waals surface area contributed by atoms with Crippen LogP contribution < -0.4 is 4.74 Å². The van der Waals surface area contributed by atoms with Crippen LogP contribution in [0.15, 0.2) is 24.3 Å². The summed E-state index contributed by atoms with van der Waals surface area (Å²) in [5, 5.41) is 19.9. The van der Waals surface area contributed by atoms with Crippen LogP contribution in [0.2, 0.25) is 0 Å². The van der Waals surface area contributed by atoms with E-state index < -0.39 is 11.7 Å². The Morgan fingerprint density at radius 2 is 2.00 bits per heavy atom. The first-order valence-corrected chi connectivity index (χ1v) is 5.53. The first-order chi connectivity index (χ1) is 7.51. The summed E-state index contributed by atoms with van der Waals surface area (Å²) in [4.78, 5) is 0. The highest BCUT2D eigenvalue weighted by atomic mass is 16.5. The van der Waals surface area contributed by atoms with Gasteiger partial charge >= 0.3 is 0 Å². The average Bonchev–Trinajstić information content (AvgIpc) is 2.29. The molecule has 0 heterocycles. The standard InChI is InChI=1S/C13H20O3/c1-4-13(2,15)12(14)9-10-7-5-6-8-11(10)16-3/h5-8,12,14-15H,4,9H2,1-3H3. The van der Waals surface area contributed by atoms with Crippen molar-refractivity contribution in [2.45, 2.75) is 38.4 Å². The minimum atomic E-state index is -1.05. The SMILES string of the molecule is CCC(C)(O)C(O)Cc1ccccc1OC. The normalized spacial score (nSPS) is 16.6. The molecular weight excluding hydrogens is 204 g/mol. The van der Waals surface area contributed by atoms with Gasteiger partial charge in [-0.15, -0.1) is 0 Å². The molecular formula is C13H20O3. The van der Waals surface area contributed by atoms with Gasteiger partial charge < -0.3 is 14.9 Å². The predicted molar refractivity (Wildman–Crippen MR) is 63.6 cm³/mol. The van der Waals surface area contributed by atoms with Crippen molar-refractivity contribution in [3.05, 3.63) is 29.8 Å². The van der Waals surface area contributed by atoms with E-state index in [0.29, 0.717) is 12.8 Å². The van der Waals surface area contributed by atoms with Crippen molar-refractivity contribution in [2.75, 3.05) is 7.11 Å². The largest absolute Gasteiger partial charge is 0.496 e. The van der Waals surface area contributed by atoms with Crippen molar-refractivity contribution in [2.24, 2.45) is 0 Å². The second kappa shape index (κ2) is 5.32. The lowest BCUT2D eigenvalue weighted by atomic mass is 9.91. The highest BCUT2D eigenvalue weighted by Crippen LogP contribution is 2.23. The zero-order valence-corrected chi connectivity index (χ0v) is 10.1. The van der Waals surface area contributed by atoms with Gasteiger partial charge in [0.2, 0.25) is 0 Å². The highest BCUT2D eigenvalue weighted by molar-refractivity contribution is 5.33. The fourth-order valence-corrected chi connectivity index (χ4v) is 1.54. The van der Waals surface area contributed by atoms with E-state index in [-0.39, 0.29) is 0 Å². The molecule has 0 radical (unpaired) electrons. The number of hydrogen-bond donors (Lipinski definition) is 2. The zero-order valence-electron chi connectivity index (χ0n) is 10.1. The Morgan fingerprint density at radius 1 is 1.38 bits per heavy atom. The van der Waals surface area contributed by atoms with E-state index in [1.807, 2.05) is 31.2 Å². The number of rotatable bonds is 5. The molecule has 0 bridgehead atoms. The number of para-hydroxylation sites is 1. The molecule has 0 amide bonds. The van der Waals surface area contributed by atoms with Crippen LogP contribution in [0.5, 0.6) is 5.75 Å². The molecule has 1 rings (SSSR count). The lowest BCUT2D eigenvalue weighted by Gasteiger charge is -2.28. The van der Waals surface area contributed by atoms with Gasteiger partial charge in [-0.2, -0.15) is 0 Å². The van der Waals surface area contributed by atoms with Crippen LogP contribution >= 0.6 is 0 Å². The van der Waals surface area contributed by atoms with Gasteiger partial charge in [-0.1, -0.05) is 25.1 Å². The van der Waals surface area contributed by atoms with Gasteiger partial charge in [-0.3, -0.25) is 0 Å². The van der Waals surface area contributed by atoms with Gasteiger partial charge in [0.05, 0.1) is 18.8 Å². The minimum Gasteiger partial charge on any atom is -0.496 e. The first-order valence-electron chi connectivity index (χ1n) is 5.53. The molecule has 0 saturated carbocycles. The molecule has 1 aromatic rings. The number of benzene rings is 1. The van der Waals surface area contributed by atoms with Gasteiger partial charge in [-0.25, -0.2) is 0 Å². The third-order valence-electron chi connectivity index (χ3n) is 3.04. The first kappa shape index (κ1) is 13.0. The molecule has 0 aliphatic carbocycles. The second-order valence-electron chi connectivity index (χ2n) is 4.24. The predicted octanol–water partition coefficient (Wildman–Crippen LogP) is 1.76. The summed E-state index contributed by atoms with van der Waals surface area (Å²) in [6.45, 7) is 3.50. The molecule has 0 aromatic heterocycles. The van der Waals surface area contributed by atoms with Crippen molar-refractivity contribution >= 4 is 0 Å². The van der Waals surface area contributed by atoms with Gasteiger partial charge in [0.25, 0.3) is 0 Å². The zero-order chi connectivity index (χ0) is 12.2. The van der Waals surface area contributed by atoms with Crippen LogP contribution in [0.3, 0.4) is 0 Å². The summed E-state index contributed by atoms with van der Waals surface area (Å²) in [6.07, 6.45) is 0.127. The molecule has 1 aromatic carbocycles. The maximum absolute atomic E-state index is 9.94. The Labute approximate surface area is 96.7 Å². The van der Waals surface area contributed by atoms with Gasteiger partial charge in [-0.05, 0) is 25.0 Å². The maximum Gasteiger partial charge on any atom is 0.122 e. The smallest absolute Gasteiger partial charge is 0.122 e. The van der Waals surface area contributed by atoms with E-state index in [1.54, 1.807) is 14.0 Å². The lowest BCUT2D eigenvalue weighted by molar-refractivity contribution is -0.0631. The van der Waals surface area contributed by atoms with E-state index in [4.69, 9.17) is 4.74 Å². The molecule has 90 valence electrons. The summed E-state index contributed by atoms with van der Waals surface area (Å²) in [5.74, 6) is 0.744. The van der Waals surface area contributed by atoms with Gasteiger partial charge in [0.15, 0.2) is 0 Å². The monoisotopic (exact) mass is 224 g/mol. The Kier molecular flexibility index (Phi) is 4.33. The van der Waals surface area contributed by atoms with Crippen LogP contribution in [-0.4, -0.2) is 29.0 Å². The van der Waals surface area contributed by atoms with Crippen molar-refractivity contribution in [3.8, 4) is 5.75 Å². The molecule has 3 heteroatoms. The minimum absolute atomic E-state index is 0.394. The molecule has 0 aliphatic rings. The highest BCUT2D eigenvalue weighted by Gasteiger charge is 2.28. The number of ether oxygens (including phenoxy) is 1. The number of aliphatic hydroxyl groups is 2. The van der Waals surface area contributed by atoms with Crippen LogP contribution in [0.1, 0.15) is 25.8 Å². The van der Waals surface area contributed by atoms with Gasteiger partial charge in [0.1, 0.15) is 5.75 Å². The molecule has 0 fully saturated rings. The lowest BCUT2D eigenvalue weighted by Crippen LogP contribution is -2.40. The van der Waals surface area contributed by atoms with Gasteiger partial charge in [0, 0.05) is 6.42 Å². The van der Waals surface area contributed by atoms with Crippen LogP contribution in [0.4, 0.5) is 0 Å².